The molecule has 2 rings (SSSR count). The Labute approximate surface area is 121 Å². The molecule has 20 heavy (non-hydrogen) atoms. The highest BCUT2D eigenvalue weighted by Gasteiger charge is 2.21. The van der Waals surface area contributed by atoms with Crippen LogP contribution < -0.4 is 10.6 Å². The fourth-order valence-corrected chi connectivity index (χ4v) is 2.49. The third-order valence-corrected chi connectivity index (χ3v) is 3.63. The molecule has 1 aromatic heterocycles. The van der Waals surface area contributed by atoms with Gasteiger partial charge in [0, 0.05) is 30.4 Å². The van der Waals surface area contributed by atoms with E-state index in [1.165, 1.54) is 11.1 Å². The Balaban J connectivity index is 2.41. The number of para-hydroxylation sites is 1. The number of anilines is 1. The molecule has 2 N–H and O–H groups in total. The van der Waals surface area contributed by atoms with Crippen LogP contribution in [-0.2, 0) is 0 Å². The quantitative estimate of drug-likeness (QED) is 0.875. The molecule has 1 heterocycles. The zero-order valence-electron chi connectivity index (χ0n) is 12.8. The lowest BCUT2D eigenvalue weighted by molar-refractivity contribution is 0.378. The van der Waals surface area contributed by atoms with Crippen LogP contribution in [0.1, 0.15) is 27.2 Å². The van der Waals surface area contributed by atoms with Crippen LogP contribution in [0.25, 0.3) is 10.9 Å². The van der Waals surface area contributed by atoms with Crippen LogP contribution in [0.2, 0.25) is 0 Å². The van der Waals surface area contributed by atoms with Crippen LogP contribution in [0.5, 0.6) is 0 Å². The summed E-state index contributed by atoms with van der Waals surface area (Å²) in [7, 11) is 0. The number of fused-ring (bicyclic) bond motifs is 1. The lowest BCUT2D eigenvalue weighted by Crippen LogP contribution is -2.39. The second kappa shape index (κ2) is 6.23. The molecule has 3 heteroatoms. The predicted molar refractivity (Wildman–Crippen MR) is 87.1 cm³/mol. The average Bonchev–Trinajstić information content (AvgIpc) is 2.46. The normalized spacial score (nSPS) is 11.8. The first kappa shape index (κ1) is 14.8. The molecule has 0 fully saturated rings. The molecule has 0 aliphatic rings. The average molecular weight is 271 g/mol. The van der Waals surface area contributed by atoms with E-state index in [9.17, 15) is 0 Å². The number of nitrogens with zero attached hydrogens (tertiary/aromatic N) is 2. The first-order chi connectivity index (χ1) is 9.57. The number of pyridine rings is 1. The summed E-state index contributed by atoms with van der Waals surface area (Å²) < 4.78 is 0. The highest BCUT2D eigenvalue weighted by molar-refractivity contribution is 5.91. The summed E-state index contributed by atoms with van der Waals surface area (Å²) >= 11 is 0. The number of nitrogens with two attached hydrogens (primary N) is 1. The third kappa shape index (κ3) is 3.28. The van der Waals surface area contributed by atoms with E-state index in [0.29, 0.717) is 6.54 Å². The van der Waals surface area contributed by atoms with Crippen molar-refractivity contribution in [3.8, 4) is 0 Å². The van der Waals surface area contributed by atoms with Crippen LogP contribution in [-0.4, -0.2) is 24.6 Å². The SMILES string of the molecule is CCCN(CC(C)(C)CN)c1ccnc2ccccc12. The molecule has 0 atom stereocenters. The van der Waals surface area contributed by atoms with Crippen molar-refractivity contribution in [2.45, 2.75) is 27.2 Å². The third-order valence-electron chi connectivity index (χ3n) is 3.63. The molecule has 0 bridgehead atoms. The molecule has 0 radical (unpaired) electrons. The Morgan fingerprint density at radius 3 is 2.65 bits per heavy atom. The maximum absolute atomic E-state index is 5.90. The van der Waals surface area contributed by atoms with Gasteiger partial charge in [-0.05, 0) is 30.5 Å². The minimum absolute atomic E-state index is 0.111. The van der Waals surface area contributed by atoms with Gasteiger partial charge in [0.2, 0.25) is 0 Å². The number of aromatic nitrogens is 1. The second-order valence-electron chi connectivity index (χ2n) is 6.14. The van der Waals surface area contributed by atoms with Gasteiger partial charge in [-0.25, -0.2) is 0 Å². The molecular formula is C17H25N3. The van der Waals surface area contributed by atoms with Gasteiger partial charge in [0.15, 0.2) is 0 Å². The largest absolute Gasteiger partial charge is 0.370 e. The van der Waals surface area contributed by atoms with Crippen LogP contribution >= 0.6 is 0 Å². The second-order valence-corrected chi connectivity index (χ2v) is 6.14. The Kier molecular flexibility index (Phi) is 4.61. The van der Waals surface area contributed by atoms with Crippen LogP contribution in [0.15, 0.2) is 36.5 Å². The van der Waals surface area contributed by atoms with Gasteiger partial charge in [-0.1, -0.05) is 39.0 Å². The molecular weight excluding hydrogens is 246 g/mol. The van der Waals surface area contributed by atoms with Gasteiger partial charge in [-0.3, -0.25) is 4.98 Å². The van der Waals surface area contributed by atoms with Crippen molar-refractivity contribution < 1.29 is 0 Å². The van der Waals surface area contributed by atoms with Crippen molar-refractivity contribution in [2.75, 3.05) is 24.5 Å². The Morgan fingerprint density at radius 1 is 1.20 bits per heavy atom. The summed E-state index contributed by atoms with van der Waals surface area (Å²) in [5.74, 6) is 0. The highest BCUT2D eigenvalue weighted by Crippen LogP contribution is 2.28. The van der Waals surface area contributed by atoms with Gasteiger partial charge in [0.05, 0.1) is 5.52 Å². The van der Waals surface area contributed by atoms with E-state index in [4.69, 9.17) is 5.73 Å². The van der Waals surface area contributed by atoms with E-state index in [-0.39, 0.29) is 5.41 Å². The standard InChI is InChI=1S/C17H25N3/c1-4-11-20(13-17(2,3)12-18)16-9-10-19-15-8-6-5-7-14(15)16/h5-10H,4,11-13,18H2,1-3H3. The van der Waals surface area contributed by atoms with Gasteiger partial charge in [-0.2, -0.15) is 0 Å². The van der Waals surface area contributed by atoms with Crippen LogP contribution in [0.3, 0.4) is 0 Å². The van der Waals surface area contributed by atoms with Crippen molar-refractivity contribution in [3.63, 3.8) is 0 Å². The van der Waals surface area contributed by atoms with Crippen molar-refractivity contribution in [1.29, 1.82) is 0 Å². The van der Waals surface area contributed by atoms with E-state index >= 15 is 0 Å². The maximum Gasteiger partial charge on any atom is 0.0722 e. The van der Waals surface area contributed by atoms with E-state index in [2.05, 4.69) is 54.9 Å². The van der Waals surface area contributed by atoms with Crippen LogP contribution in [0, 0.1) is 5.41 Å². The molecule has 1 aromatic carbocycles. The van der Waals surface area contributed by atoms with Gasteiger partial charge < -0.3 is 10.6 Å². The number of hydrogen-bond donors (Lipinski definition) is 1. The highest BCUT2D eigenvalue weighted by atomic mass is 15.1. The topological polar surface area (TPSA) is 42.1 Å². The van der Waals surface area contributed by atoms with E-state index in [0.717, 1.165) is 25.0 Å². The maximum atomic E-state index is 5.90. The fraction of sp³-hybridized carbons (Fsp3) is 0.471. The first-order valence-electron chi connectivity index (χ1n) is 7.36. The monoisotopic (exact) mass is 271 g/mol. The summed E-state index contributed by atoms with van der Waals surface area (Å²) in [5.41, 5.74) is 8.33. The lowest BCUT2D eigenvalue weighted by atomic mass is 9.92. The zero-order valence-corrected chi connectivity index (χ0v) is 12.8. The molecule has 0 amide bonds. The summed E-state index contributed by atoms with van der Waals surface area (Å²) in [5, 5.41) is 1.22. The minimum atomic E-state index is 0.111. The number of rotatable bonds is 6. The van der Waals surface area contributed by atoms with Gasteiger partial charge in [0.1, 0.15) is 0 Å². The Bertz CT molecular complexity index is 558. The number of benzene rings is 1. The van der Waals surface area contributed by atoms with Crippen molar-refractivity contribution in [1.82, 2.24) is 4.98 Å². The molecule has 3 nitrogen and oxygen atoms in total. The number of hydrogen-bond acceptors (Lipinski definition) is 3. The van der Waals surface area contributed by atoms with Gasteiger partial charge >= 0.3 is 0 Å². The summed E-state index contributed by atoms with van der Waals surface area (Å²) in [6, 6.07) is 10.4. The smallest absolute Gasteiger partial charge is 0.0722 e. The predicted octanol–water partition coefficient (Wildman–Crippen LogP) is 3.44. The van der Waals surface area contributed by atoms with Gasteiger partial charge in [-0.15, -0.1) is 0 Å². The molecule has 0 saturated heterocycles. The van der Waals surface area contributed by atoms with E-state index in [1.54, 1.807) is 0 Å². The molecule has 0 aliphatic heterocycles. The van der Waals surface area contributed by atoms with Crippen molar-refractivity contribution in [2.24, 2.45) is 11.1 Å². The lowest BCUT2D eigenvalue weighted by Gasteiger charge is -2.34. The molecule has 0 saturated carbocycles. The van der Waals surface area contributed by atoms with Crippen molar-refractivity contribution >= 4 is 16.6 Å². The Morgan fingerprint density at radius 2 is 1.95 bits per heavy atom. The molecule has 0 unspecified atom stereocenters. The summed E-state index contributed by atoms with van der Waals surface area (Å²) in [4.78, 5) is 6.89. The Hall–Kier alpha value is -1.61. The minimum Gasteiger partial charge on any atom is -0.370 e. The van der Waals surface area contributed by atoms with Crippen LogP contribution in [0.4, 0.5) is 5.69 Å². The van der Waals surface area contributed by atoms with Gasteiger partial charge in [0.25, 0.3) is 0 Å². The van der Waals surface area contributed by atoms with E-state index < -0.39 is 0 Å². The summed E-state index contributed by atoms with van der Waals surface area (Å²) in [6.45, 7) is 9.35. The van der Waals surface area contributed by atoms with Crippen molar-refractivity contribution in [3.05, 3.63) is 36.5 Å². The summed E-state index contributed by atoms with van der Waals surface area (Å²) in [6.07, 6.45) is 3.02. The fourth-order valence-electron chi connectivity index (χ4n) is 2.49. The first-order valence-corrected chi connectivity index (χ1v) is 7.36. The molecule has 0 spiro atoms. The molecule has 2 aromatic rings. The van der Waals surface area contributed by atoms with E-state index in [1.807, 2.05) is 12.3 Å². The molecule has 0 aliphatic carbocycles. The molecule has 108 valence electrons. The zero-order chi connectivity index (χ0) is 14.6.